The molecule has 3 aromatic rings. The van der Waals surface area contributed by atoms with E-state index < -0.39 is 0 Å². The van der Waals surface area contributed by atoms with Gasteiger partial charge in [-0.25, -0.2) is 19.7 Å². The number of hydrogen-bond donors (Lipinski definition) is 3. The van der Waals surface area contributed by atoms with Crippen LogP contribution in [0.15, 0.2) is 36.7 Å². The van der Waals surface area contributed by atoms with E-state index in [1.807, 2.05) is 62.7 Å². The first-order valence-corrected chi connectivity index (χ1v) is 9.15. The summed E-state index contributed by atoms with van der Waals surface area (Å²) in [6, 6.07) is 7.47. The summed E-state index contributed by atoms with van der Waals surface area (Å²) in [6.45, 7) is 8.77. The van der Waals surface area contributed by atoms with Crippen molar-refractivity contribution in [1.82, 2.24) is 24.8 Å². The molecule has 2 heterocycles. The summed E-state index contributed by atoms with van der Waals surface area (Å²) in [6.07, 6.45) is 3.60. The van der Waals surface area contributed by atoms with Crippen LogP contribution in [0.2, 0.25) is 0 Å². The number of nitrogens with zero attached hydrogens (tertiary/aromatic N) is 4. The molecule has 0 unspecified atom stereocenters. The molecule has 2 amide bonds. The number of urea groups is 1. The summed E-state index contributed by atoms with van der Waals surface area (Å²) in [5, 5.41) is 8.94. The Morgan fingerprint density at radius 2 is 1.93 bits per heavy atom. The molecule has 146 valence electrons. The maximum Gasteiger partial charge on any atom is 0.319 e. The highest BCUT2D eigenvalue weighted by Crippen LogP contribution is 2.17. The monoisotopic (exact) mass is 379 g/mol. The molecule has 3 rings (SSSR count). The van der Waals surface area contributed by atoms with Crippen LogP contribution in [0.25, 0.3) is 5.82 Å². The van der Waals surface area contributed by atoms with E-state index in [4.69, 9.17) is 0 Å². The van der Waals surface area contributed by atoms with Crippen LogP contribution in [0.1, 0.15) is 22.8 Å². The zero-order valence-electron chi connectivity index (χ0n) is 16.6. The molecule has 0 bridgehead atoms. The lowest BCUT2D eigenvalue weighted by molar-refractivity contribution is 0.252. The number of carbonyl (C=O) groups excluding carboxylic acids is 1. The van der Waals surface area contributed by atoms with Gasteiger partial charge in [0.05, 0.1) is 0 Å². The summed E-state index contributed by atoms with van der Waals surface area (Å²) >= 11 is 0. The summed E-state index contributed by atoms with van der Waals surface area (Å²) < 4.78 is 1.90. The summed E-state index contributed by atoms with van der Waals surface area (Å²) in [7, 11) is 0. The summed E-state index contributed by atoms with van der Waals surface area (Å²) in [4.78, 5) is 25.2. The molecule has 0 saturated carbocycles. The molecule has 0 aliphatic rings. The van der Waals surface area contributed by atoms with Crippen LogP contribution in [-0.2, 0) is 0 Å². The van der Waals surface area contributed by atoms with Crippen molar-refractivity contribution in [2.75, 3.05) is 23.7 Å². The van der Waals surface area contributed by atoms with Gasteiger partial charge in [-0.2, -0.15) is 0 Å². The highest BCUT2D eigenvalue weighted by molar-refractivity contribution is 5.90. The Balaban J connectivity index is 1.53. The molecule has 0 aliphatic heterocycles. The van der Waals surface area contributed by atoms with E-state index in [-0.39, 0.29) is 6.03 Å². The highest BCUT2D eigenvalue weighted by Gasteiger charge is 2.07. The summed E-state index contributed by atoms with van der Waals surface area (Å²) in [5.41, 5.74) is 3.02. The first kappa shape index (κ1) is 19.3. The van der Waals surface area contributed by atoms with Crippen LogP contribution in [0.4, 0.5) is 16.3 Å². The minimum atomic E-state index is -0.232. The molecule has 0 aliphatic carbocycles. The second-order valence-electron chi connectivity index (χ2n) is 6.56. The van der Waals surface area contributed by atoms with E-state index in [2.05, 4.69) is 30.9 Å². The second kappa shape index (κ2) is 8.51. The molecule has 0 saturated heterocycles. The lowest BCUT2D eigenvalue weighted by atomic mass is 10.1. The van der Waals surface area contributed by atoms with Gasteiger partial charge in [0, 0.05) is 37.2 Å². The fourth-order valence-corrected chi connectivity index (χ4v) is 2.81. The average molecular weight is 379 g/mol. The largest absolute Gasteiger partial charge is 0.368 e. The number of rotatable bonds is 6. The minimum absolute atomic E-state index is 0.232. The van der Waals surface area contributed by atoms with Gasteiger partial charge in [0.2, 0.25) is 0 Å². The number of imidazole rings is 1. The fourth-order valence-electron chi connectivity index (χ4n) is 2.81. The predicted octanol–water partition coefficient (Wildman–Crippen LogP) is 3.13. The Morgan fingerprint density at radius 1 is 1.11 bits per heavy atom. The number of aromatic nitrogens is 4. The molecule has 8 heteroatoms. The predicted molar refractivity (Wildman–Crippen MR) is 110 cm³/mol. The molecule has 0 radical (unpaired) electrons. The molecule has 1 aromatic carbocycles. The normalized spacial score (nSPS) is 10.6. The Morgan fingerprint density at radius 3 is 2.68 bits per heavy atom. The van der Waals surface area contributed by atoms with Crippen molar-refractivity contribution >= 4 is 17.5 Å². The number of nitrogens with one attached hydrogen (secondary N) is 3. The van der Waals surface area contributed by atoms with Crippen LogP contribution in [0.3, 0.4) is 0 Å². The van der Waals surface area contributed by atoms with Gasteiger partial charge in [-0.05, 0) is 44.9 Å². The molecular weight excluding hydrogens is 354 g/mol. The molecular formula is C20H25N7O. The van der Waals surface area contributed by atoms with E-state index in [0.717, 1.165) is 28.5 Å². The second-order valence-corrected chi connectivity index (χ2v) is 6.56. The van der Waals surface area contributed by atoms with Gasteiger partial charge in [0.1, 0.15) is 23.3 Å². The molecule has 28 heavy (non-hydrogen) atoms. The third-order valence-electron chi connectivity index (χ3n) is 4.47. The minimum Gasteiger partial charge on any atom is -0.368 e. The van der Waals surface area contributed by atoms with Crippen molar-refractivity contribution in [1.29, 1.82) is 0 Å². The number of anilines is 2. The first-order chi connectivity index (χ1) is 13.4. The van der Waals surface area contributed by atoms with Crippen molar-refractivity contribution in [3.05, 3.63) is 59.4 Å². The van der Waals surface area contributed by atoms with Crippen molar-refractivity contribution in [2.45, 2.75) is 27.7 Å². The fraction of sp³-hybridized carbons (Fsp3) is 0.300. The van der Waals surface area contributed by atoms with Gasteiger partial charge >= 0.3 is 6.03 Å². The molecule has 0 spiro atoms. The van der Waals surface area contributed by atoms with Gasteiger partial charge in [0.15, 0.2) is 0 Å². The van der Waals surface area contributed by atoms with Gasteiger partial charge < -0.3 is 16.0 Å². The standard InChI is InChI=1S/C20H25N7O/c1-13-6-5-7-17(14(13)2)26-20(28)23-9-8-22-18-12-19(25-15(3)24-18)27-11-10-21-16(27)4/h5-7,10-12H,8-9H2,1-4H3,(H,22,24,25)(H2,23,26,28). The van der Waals surface area contributed by atoms with Gasteiger partial charge in [0.25, 0.3) is 0 Å². The van der Waals surface area contributed by atoms with Crippen molar-refractivity contribution in [3.63, 3.8) is 0 Å². The van der Waals surface area contributed by atoms with E-state index in [1.54, 1.807) is 6.20 Å². The van der Waals surface area contributed by atoms with Gasteiger partial charge in [-0.15, -0.1) is 0 Å². The molecule has 2 aromatic heterocycles. The Hall–Kier alpha value is -3.42. The Kier molecular flexibility index (Phi) is 5.88. The molecule has 8 nitrogen and oxygen atoms in total. The van der Waals surface area contributed by atoms with Crippen molar-refractivity contribution in [3.8, 4) is 5.82 Å². The summed E-state index contributed by atoms with van der Waals surface area (Å²) in [5.74, 6) is 2.97. The van der Waals surface area contributed by atoms with E-state index in [0.29, 0.717) is 24.7 Å². The lowest BCUT2D eigenvalue weighted by Gasteiger charge is -2.12. The topological polar surface area (TPSA) is 96.8 Å². The van der Waals surface area contributed by atoms with Crippen molar-refractivity contribution < 1.29 is 4.79 Å². The van der Waals surface area contributed by atoms with Crippen LogP contribution < -0.4 is 16.0 Å². The maximum absolute atomic E-state index is 12.1. The quantitative estimate of drug-likeness (QED) is 0.572. The zero-order valence-corrected chi connectivity index (χ0v) is 16.6. The van der Waals surface area contributed by atoms with Gasteiger partial charge in [-0.1, -0.05) is 12.1 Å². The van der Waals surface area contributed by atoms with Crippen molar-refractivity contribution in [2.24, 2.45) is 0 Å². The first-order valence-electron chi connectivity index (χ1n) is 9.15. The van der Waals surface area contributed by atoms with Crippen LogP contribution in [0.5, 0.6) is 0 Å². The SMILES string of the molecule is Cc1nc(NCCNC(=O)Nc2cccc(C)c2C)cc(-n2ccnc2C)n1. The van der Waals surface area contributed by atoms with E-state index in [1.165, 1.54) is 0 Å². The molecule has 0 atom stereocenters. The smallest absolute Gasteiger partial charge is 0.319 e. The van der Waals surface area contributed by atoms with E-state index >= 15 is 0 Å². The Bertz CT molecular complexity index is 980. The third kappa shape index (κ3) is 4.64. The Labute approximate surface area is 164 Å². The number of carbonyl (C=O) groups is 1. The number of hydrogen-bond acceptors (Lipinski definition) is 5. The van der Waals surface area contributed by atoms with Crippen LogP contribution in [-0.4, -0.2) is 38.6 Å². The zero-order chi connectivity index (χ0) is 20.1. The maximum atomic E-state index is 12.1. The van der Waals surface area contributed by atoms with Crippen LogP contribution in [0, 0.1) is 27.7 Å². The lowest BCUT2D eigenvalue weighted by Crippen LogP contribution is -2.33. The van der Waals surface area contributed by atoms with Gasteiger partial charge in [-0.3, -0.25) is 4.57 Å². The van der Waals surface area contributed by atoms with E-state index in [9.17, 15) is 4.79 Å². The molecule has 0 fully saturated rings. The number of aryl methyl sites for hydroxylation is 3. The highest BCUT2D eigenvalue weighted by atomic mass is 16.2. The third-order valence-corrected chi connectivity index (χ3v) is 4.47. The average Bonchev–Trinajstić information content (AvgIpc) is 3.08. The molecule has 3 N–H and O–H groups in total. The number of amides is 2. The number of benzene rings is 1. The van der Waals surface area contributed by atoms with Crippen LogP contribution >= 0.6 is 0 Å².